The molecule has 0 bridgehead atoms. The lowest BCUT2D eigenvalue weighted by molar-refractivity contribution is -0.132. The SMILES string of the molecule is C[C@H]1Oc2ccccc2N(CC(=O)N(C)CCN(C)C2CCCCC2)C1=O. The number of hydrogen-bond donors (Lipinski definition) is 0. The second kappa shape index (κ2) is 8.74. The first kappa shape index (κ1) is 19.7. The number of benzene rings is 1. The topological polar surface area (TPSA) is 53.1 Å². The van der Waals surface area contributed by atoms with Gasteiger partial charge in [0, 0.05) is 26.2 Å². The molecule has 0 aromatic heterocycles. The van der Waals surface area contributed by atoms with Gasteiger partial charge in [0.15, 0.2) is 6.10 Å². The maximum absolute atomic E-state index is 12.7. The van der Waals surface area contributed by atoms with E-state index in [2.05, 4.69) is 11.9 Å². The number of para-hydroxylation sites is 2. The summed E-state index contributed by atoms with van der Waals surface area (Å²) in [6.07, 6.45) is 5.89. The van der Waals surface area contributed by atoms with Gasteiger partial charge >= 0.3 is 0 Å². The van der Waals surface area contributed by atoms with E-state index in [0.29, 0.717) is 24.0 Å². The normalized spacial score (nSPS) is 20.4. The molecule has 1 aliphatic heterocycles. The summed E-state index contributed by atoms with van der Waals surface area (Å²) in [6.45, 7) is 3.30. The Morgan fingerprint density at radius 3 is 2.59 bits per heavy atom. The Morgan fingerprint density at radius 2 is 1.85 bits per heavy atom. The Balaban J connectivity index is 1.57. The summed E-state index contributed by atoms with van der Waals surface area (Å²) >= 11 is 0. The van der Waals surface area contributed by atoms with Gasteiger partial charge in [-0.1, -0.05) is 31.4 Å². The number of carbonyl (C=O) groups is 2. The molecule has 1 aromatic carbocycles. The van der Waals surface area contributed by atoms with E-state index in [1.807, 2.05) is 31.3 Å². The molecule has 27 heavy (non-hydrogen) atoms. The Morgan fingerprint density at radius 1 is 1.15 bits per heavy atom. The first-order chi connectivity index (χ1) is 13.0. The molecule has 2 amide bonds. The minimum absolute atomic E-state index is 0.0488. The summed E-state index contributed by atoms with van der Waals surface area (Å²) in [6, 6.07) is 8.01. The number of anilines is 1. The van der Waals surface area contributed by atoms with Gasteiger partial charge in [0.05, 0.1) is 5.69 Å². The van der Waals surface area contributed by atoms with Crippen molar-refractivity contribution in [2.24, 2.45) is 0 Å². The van der Waals surface area contributed by atoms with Crippen LogP contribution in [0.2, 0.25) is 0 Å². The highest BCUT2D eigenvalue weighted by Crippen LogP contribution is 2.33. The van der Waals surface area contributed by atoms with Crippen LogP contribution >= 0.6 is 0 Å². The fraction of sp³-hybridized carbons (Fsp3) is 0.619. The maximum atomic E-state index is 12.7. The third kappa shape index (κ3) is 4.61. The third-order valence-electron chi connectivity index (χ3n) is 5.78. The van der Waals surface area contributed by atoms with Crippen LogP contribution in [0.3, 0.4) is 0 Å². The van der Waals surface area contributed by atoms with Crippen molar-refractivity contribution in [1.29, 1.82) is 0 Å². The minimum atomic E-state index is -0.574. The van der Waals surface area contributed by atoms with Crippen LogP contribution in [0.5, 0.6) is 5.75 Å². The highest BCUT2D eigenvalue weighted by molar-refractivity contribution is 6.03. The predicted octanol–water partition coefficient (Wildman–Crippen LogP) is 2.52. The van der Waals surface area contributed by atoms with Gasteiger partial charge in [-0.3, -0.25) is 14.5 Å². The summed E-state index contributed by atoms with van der Waals surface area (Å²) in [7, 11) is 3.97. The fourth-order valence-corrected chi connectivity index (χ4v) is 3.91. The van der Waals surface area contributed by atoms with Crippen molar-refractivity contribution in [3.05, 3.63) is 24.3 Å². The number of fused-ring (bicyclic) bond motifs is 1. The number of amides is 2. The average molecular weight is 373 g/mol. The van der Waals surface area contributed by atoms with Gasteiger partial charge in [-0.25, -0.2) is 0 Å². The number of hydrogen-bond acceptors (Lipinski definition) is 4. The Bertz CT molecular complexity index is 672. The first-order valence-corrected chi connectivity index (χ1v) is 9.98. The second-order valence-electron chi connectivity index (χ2n) is 7.74. The predicted molar refractivity (Wildman–Crippen MR) is 106 cm³/mol. The highest BCUT2D eigenvalue weighted by Gasteiger charge is 2.33. The van der Waals surface area contributed by atoms with Crippen LogP contribution in [0, 0.1) is 0 Å². The summed E-state index contributed by atoms with van der Waals surface area (Å²) in [5.41, 5.74) is 0.668. The largest absolute Gasteiger partial charge is 0.479 e. The summed E-state index contributed by atoms with van der Waals surface area (Å²) in [4.78, 5) is 30.9. The molecule has 1 heterocycles. The van der Waals surface area contributed by atoms with E-state index in [9.17, 15) is 9.59 Å². The van der Waals surface area contributed by atoms with Gasteiger partial charge in [0.25, 0.3) is 5.91 Å². The van der Waals surface area contributed by atoms with Crippen LogP contribution in [0.15, 0.2) is 24.3 Å². The quantitative estimate of drug-likeness (QED) is 0.769. The van der Waals surface area contributed by atoms with Gasteiger partial charge in [-0.2, -0.15) is 0 Å². The number of rotatable bonds is 6. The molecule has 1 aromatic rings. The number of carbonyl (C=O) groups excluding carboxylic acids is 2. The number of ether oxygens (including phenoxy) is 1. The molecule has 0 unspecified atom stereocenters. The van der Waals surface area contributed by atoms with Gasteiger partial charge < -0.3 is 14.5 Å². The van der Waals surface area contributed by atoms with Crippen molar-refractivity contribution < 1.29 is 14.3 Å². The fourth-order valence-electron chi connectivity index (χ4n) is 3.91. The zero-order valence-corrected chi connectivity index (χ0v) is 16.7. The van der Waals surface area contributed by atoms with Crippen molar-refractivity contribution in [2.45, 2.75) is 51.2 Å². The van der Waals surface area contributed by atoms with E-state index >= 15 is 0 Å². The summed E-state index contributed by atoms with van der Waals surface area (Å²) in [5.74, 6) is 0.427. The Labute approximate surface area is 162 Å². The Kier molecular flexibility index (Phi) is 6.37. The van der Waals surface area contributed by atoms with Gasteiger partial charge in [-0.15, -0.1) is 0 Å². The first-order valence-electron chi connectivity index (χ1n) is 9.98. The molecule has 148 valence electrons. The molecule has 1 aliphatic carbocycles. The summed E-state index contributed by atoms with van der Waals surface area (Å²) in [5, 5.41) is 0. The minimum Gasteiger partial charge on any atom is -0.479 e. The van der Waals surface area contributed by atoms with Gasteiger partial charge in [0.1, 0.15) is 12.3 Å². The van der Waals surface area contributed by atoms with E-state index in [1.54, 1.807) is 16.7 Å². The molecule has 1 saturated carbocycles. The average Bonchev–Trinajstić information content (AvgIpc) is 2.69. The molecule has 1 fully saturated rings. The molecule has 1 atom stereocenters. The van der Waals surface area contributed by atoms with Crippen LogP contribution in [0.4, 0.5) is 5.69 Å². The van der Waals surface area contributed by atoms with Crippen LogP contribution in [-0.2, 0) is 9.59 Å². The molecular formula is C21H31N3O3. The number of likely N-dealkylation sites (N-methyl/N-ethyl adjacent to an activating group) is 2. The lowest BCUT2D eigenvalue weighted by atomic mass is 9.94. The maximum Gasteiger partial charge on any atom is 0.268 e. The lowest BCUT2D eigenvalue weighted by Crippen LogP contribution is -2.50. The van der Waals surface area contributed by atoms with E-state index in [-0.39, 0.29) is 18.4 Å². The zero-order valence-electron chi connectivity index (χ0n) is 16.7. The third-order valence-corrected chi connectivity index (χ3v) is 5.78. The van der Waals surface area contributed by atoms with Crippen molar-refractivity contribution >= 4 is 17.5 Å². The van der Waals surface area contributed by atoms with Gasteiger partial charge in [0.2, 0.25) is 5.91 Å². The second-order valence-corrected chi connectivity index (χ2v) is 7.74. The van der Waals surface area contributed by atoms with Crippen molar-refractivity contribution in [2.75, 3.05) is 38.6 Å². The van der Waals surface area contributed by atoms with Crippen LogP contribution in [-0.4, -0.2) is 67.5 Å². The smallest absolute Gasteiger partial charge is 0.268 e. The zero-order chi connectivity index (χ0) is 19.4. The molecule has 0 N–H and O–H groups in total. The van der Waals surface area contributed by atoms with E-state index < -0.39 is 6.10 Å². The summed E-state index contributed by atoms with van der Waals surface area (Å²) < 4.78 is 5.64. The molecular weight excluding hydrogens is 342 g/mol. The van der Waals surface area contributed by atoms with Crippen LogP contribution in [0.1, 0.15) is 39.0 Å². The Hall–Kier alpha value is -2.08. The van der Waals surface area contributed by atoms with E-state index in [0.717, 1.165) is 6.54 Å². The molecule has 0 radical (unpaired) electrons. The monoisotopic (exact) mass is 373 g/mol. The molecule has 6 heteroatoms. The van der Waals surface area contributed by atoms with E-state index in [1.165, 1.54) is 32.1 Å². The van der Waals surface area contributed by atoms with Crippen LogP contribution in [0.25, 0.3) is 0 Å². The van der Waals surface area contributed by atoms with Gasteiger partial charge in [-0.05, 0) is 38.9 Å². The van der Waals surface area contributed by atoms with Crippen molar-refractivity contribution in [3.63, 3.8) is 0 Å². The lowest BCUT2D eigenvalue weighted by Gasteiger charge is -2.34. The molecule has 0 spiro atoms. The van der Waals surface area contributed by atoms with E-state index in [4.69, 9.17) is 4.74 Å². The van der Waals surface area contributed by atoms with Crippen molar-refractivity contribution in [1.82, 2.24) is 9.80 Å². The highest BCUT2D eigenvalue weighted by atomic mass is 16.5. The molecule has 6 nitrogen and oxygen atoms in total. The molecule has 0 saturated heterocycles. The number of nitrogens with zero attached hydrogens (tertiary/aromatic N) is 3. The molecule has 3 rings (SSSR count). The standard InChI is InChI=1S/C21H31N3O3/c1-16-21(26)24(18-11-7-8-12-19(18)27-16)15-20(25)23(3)14-13-22(2)17-9-5-4-6-10-17/h7-8,11-12,16-17H,4-6,9-10,13-15H2,1-3H3/t16-/m1/s1. The van der Waals surface area contributed by atoms with Crippen molar-refractivity contribution in [3.8, 4) is 5.75 Å². The molecule has 2 aliphatic rings. The van der Waals surface area contributed by atoms with Crippen LogP contribution < -0.4 is 9.64 Å².